The molecule has 0 aromatic heterocycles. The number of hydrogen-bond acceptors (Lipinski definition) is 10. The zero-order chi connectivity index (χ0) is 48.8. The number of ether oxygens (including phenoxy) is 3. The Bertz CT molecular complexity index is 1300. The Balaban J connectivity index is 3.10. The number of aliphatic carboxylic acids is 1. The zero-order valence-electron chi connectivity index (χ0n) is 41.3. The van der Waals surface area contributed by atoms with Crippen molar-refractivity contribution in [2.45, 2.75) is 288 Å². The molecule has 5 N–H and O–H groups in total. The Morgan fingerprint density at radius 3 is 1.48 bits per heavy atom. The lowest BCUT2D eigenvalue weighted by molar-refractivity contribution is -0.207. The lowest BCUT2D eigenvalue weighted by Gasteiger charge is -2.45. The number of halogens is 1. The van der Waals surface area contributed by atoms with Crippen LogP contribution < -0.4 is 5.32 Å². The maximum Gasteiger partial charge on any atom is 0.470 e. The number of phosphoric acid groups is 1. The van der Waals surface area contributed by atoms with Crippen molar-refractivity contribution in [3.63, 3.8) is 0 Å². The van der Waals surface area contributed by atoms with Crippen LogP contribution in [0.15, 0.2) is 0 Å². The van der Waals surface area contributed by atoms with Gasteiger partial charge in [0.25, 0.3) is 0 Å². The highest BCUT2D eigenvalue weighted by Gasteiger charge is 2.52. The van der Waals surface area contributed by atoms with Gasteiger partial charge in [0.15, 0.2) is 6.10 Å². The molecule has 0 aliphatic carbocycles. The van der Waals surface area contributed by atoms with Crippen molar-refractivity contribution in [2.24, 2.45) is 0 Å². The summed E-state index contributed by atoms with van der Waals surface area (Å²) in [6, 6.07) is -1.57. The minimum absolute atomic E-state index is 0.173. The van der Waals surface area contributed by atoms with Crippen LogP contribution in [-0.4, -0.2) is 93.2 Å². The second-order valence-corrected chi connectivity index (χ2v) is 20.0. The molecule has 388 valence electrons. The number of phosphoric ester groups is 1. The third kappa shape index (κ3) is 32.6. The number of esters is 2. The van der Waals surface area contributed by atoms with Crippen molar-refractivity contribution in [3.8, 4) is 0 Å². The van der Waals surface area contributed by atoms with Crippen LogP contribution in [0.5, 0.6) is 0 Å². The second-order valence-electron chi connectivity index (χ2n) is 18.8. The van der Waals surface area contributed by atoms with Crippen LogP contribution in [0.25, 0.3) is 0 Å². The summed E-state index contributed by atoms with van der Waals surface area (Å²) in [4.78, 5) is 72.1. The quantitative estimate of drug-likeness (QED) is 0.0218. The molecule has 66 heavy (non-hydrogen) atoms. The molecule has 0 radical (unpaired) electrons. The number of carboxylic acid groups (broad SMARTS) is 1. The Kier molecular flexibility index (Phi) is 37.2. The van der Waals surface area contributed by atoms with Crippen LogP contribution in [0.2, 0.25) is 0 Å². The monoisotopic (exact) mass is 966 g/mol. The fourth-order valence-corrected chi connectivity index (χ4v) is 9.36. The highest BCUT2D eigenvalue weighted by molar-refractivity contribution is 7.46. The van der Waals surface area contributed by atoms with E-state index in [1.165, 1.54) is 96.3 Å². The van der Waals surface area contributed by atoms with E-state index in [-0.39, 0.29) is 6.42 Å². The summed E-state index contributed by atoms with van der Waals surface area (Å²) in [6.07, 6.45) is 21.5. The van der Waals surface area contributed by atoms with Crippen LogP contribution in [0.4, 0.5) is 4.39 Å². The van der Waals surface area contributed by atoms with Crippen molar-refractivity contribution in [1.29, 1.82) is 0 Å². The fraction of sp³-hybridized carbons (Fsp3) is 0.920. The number of rotatable bonds is 44. The van der Waals surface area contributed by atoms with E-state index < -0.39 is 100 Å². The minimum Gasteiger partial charge on any atom is -0.481 e. The first-order valence-corrected chi connectivity index (χ1v) is 27.8. The molecule has 0 unspecified atom stereocenters. The van der Waals surface area contributed by atoms with E-state index in [0.717, 1.165) is 70.6 Å². The van der Waals surface area contributed by atoms with Gasteiger partial charge in [0.1, 0.15) is 25.0 Å². The molecular weight excluding hydrogens is 873 g/mol. The van der Waals surface area contributed by atoms with Crippen molar-refractivity contribution in [3.05, 3.63) is 0 Å². The van der Waals surface area contributed by atoms with Crippen LogP contribution >= 0.6 is 7.82 Å². The number of hydrogen-bond donors (Lipinski definition) is 5. The topological polar surface area (TPSA) is 215 Å². The molecule has 0 spiro atoms. The maximum atomic E-state index is 14.5. The van der Waals surface area contributed by atoms with Gasteiger partial charge in [0, 0.05) is 6.42 Å². The average molecular weight is 966 g/mol. The van der Waals surface area contributed by atoms with E-state index >= 15 is 0 Å². The summed E-state index contributed by atoms with van der Waals surface area (Å²) in [6.45, 7) is 5.16. The Morgan fingerprint density at radius 1 is 0.606 bits per heavy atom. The fourth-order valence-electron chi connectivity index (χ4n) is 8.79. The molecule has 0 aromatic carbocycles. The zero-order valence-corrected chi connectivity index (χ0v) is 42.2. The largest absolute Gasteiger partial charge is 0.481 e. The number of carboxylic acids is 1. The molecular formula is C50H93FNO13P. The first-order chi connectivity index (χ1) is 31.7. The van der Waals surface area contributed by atoms with E-state index in [9.17, 15) is 48.1 Å². The lowest BCUT2D eigenvalue weighted by atomic mass is 9.90. The molecule has 16 heteroatoms. The van der Waals surface area contributed by atoms with Gasteiger partial charge in [-0.25, -0.2) is 8.96 Å². The third-order valence-electron chi connectivity index (χ3n) is 12.5. The number of aliphatic hydroxyl groups is 1. The summed E-state index contributed by atoms with van der Waals surface area (Å²) >= 11 is 0. The smallest absolute Gasteiger partial charge is 0.470 e. The van der Waals surface area contributed by atoms with Crippen LogP contribution in [0, 0.1) is 0 Å². The Hall–Kier alpha value is -2.16. The molecule has 1 aliphatic heterocycles. The normalized spacial score (nSPS) is 19.6. The van der Waals surface area contributed by atoms with Crippen molar-refractivity contribution < 1.29 is 66.9 Å². The van der Waals surface area contributed by atoms with Gasteiger partial charge in [0.05, 0.1) is 37.5 Å². The van der Waals surface area contributed by atoms with Gasteiger partial charge in [-0.2, -0.15) is 0 Å². The number of nitrogens with one attached hydrogen (secondary N) is 1. The molecule has 1 saturated heterocycles. The number of carbonyl (C=O) groups excluding carboxylic acids is 3. The van der Waals surface area contributed by atoms with Gasteiger partial charge in [-0.1, -0.05) is 194 Å². The summed E-state index contributed by atoms with van der Waals surface area (Å²) < 4.78 is 49.0. The van der Waals surface area contributed by atoms with Crippen LogP contribution in [-0.2, 0) is 42.5 Å². The molecule has 1 aliphatic rings. The molecule has 0 saturated carbocycles. The predicted octanol–water partition coefficient (Wildman–Crippen LogP) is 11.7. The van der Waals surface area contributed by atoms with E-state index in [0.29, 0.717) is 32.1 Å². The summed E-state index contributed by atoms with van der Waals surface area (Å²) in [7, 11) is -5.41. The third-order valence-corrected chi connectivity index (χ3v) is 13.1. The standard InChI is InChI=1S/C50H93FNO13P/c1-4-7-10-13-16-19-20-23-26-29-32-35-46(57)62-41(34-31-28-25-22-18-15-12-9-6-3)37-47(58)64-50-48(42(38-45(55)56)63-43(39-51)49(50)65-66(59,60)61)52-44(54)36-40(53)33-30-27-24-21-17-14-11-8-5-2/h40-43,48-50,53H,4-39H2,1-3H3,(H,52,54)(H,55,56)(H2,59,60,61)/t40-,41-,42-,43-,48+,49-,50-/m1/s1. The van der Waals surface area contributed by atoms with E-state index in [2.05, 4.69) is 26.1 Å². The number of carbonyl (C=O) groups is 4. The van der Waals surface area contributed by atoms with E-state index in [4.69, 9.17) is 18.7 Å². The number of alkyl halides is 1. The van der Waals surface area contributed by atoms with Gasteiger partial charge in [-0.05, 0) is 25.7 Å². The van der Waals surface area contributed by atoms with Gasteiger partial charge in [-0.3, -0.25) is 23.7 Å². The van der Waals surface area contributed by atoms with Crippen LogP contribution in [0.1, 0.15) is 245 Å². The molecule has 0 bridgehead atoms. The van der Waals surface area contributed by atoms with E-state index in [1.54, 1.807) is 0 Å². The van der Waals surface area contributed by atoms with Crippen molar-refractivity contribution >= 4 is 31.6 Å². The lowest BCUT2D eigenvalue weighted by Crippen LogP contribution is -2.66. The first kappa shape index (κ1) is 61.9. The predicted molar refractivity (Wildman–Crippen MR) is 256 cm³/mol. The second kappa shape index (κ2) is 39.7. The molecule has 1 heterocycles. The highest BCUT2D eigenvalue weighted by atomic mass is 31.2. The molecule has 1 fully saturated rings. The van der Waals surface area contributed by atoms with E-state index in [1.807, 2.05) is 0 Å². The van der Waals surface area contributed by atoms with Crippen molar-refractivity contribution in [1.82, 2.24) is 5.32 Å². The van der Waals surface area contributed by atoms with Crippen molar-refractivity contribution in [2.75, 3.05) is 6.67 Å². The van der Waals surface area contributed by atoms with Gasteiger partial charge in [-0.15, -0.1) is 0 Å². The molecule has 1 amide bonds. The average Bonchev–Trinajstić information content (AvgIpc) is 3.25. The van der Waals surface area contributed by atoms with Gasteiger partial charge >= 0.3 is 25.7 Å². The number of aliphatic hydroxyl groups excluding tert-OH is 1. The number of unbranched alkanes of at least 4 members (excludes halogenated alkanes) is 26. The summed E-state index contributed by atoms with van der Waals surface area (Å²) in [5.74, 6) is -3.61. The Labute approximate surface area is 397 Å². The molecule has 0 aromatic rings. The van der Waals surface area contributed by atoms with Gasteiger partial charge in [0.2, 0.25) is 5.91 Å². The molecule has 14 nitrogen and oxygen atoms in total. The molecule has 7 atom stereocenters. The number of amides is 1. The molecule has 1 rings (SSSR count). The Morgan fingerprint density at radius 2 is 1.05 bits per heavy atom. The summed E-state index contributed by atoms with van der Waals surface area (Å²) in [5, 5.41) is 23.1. The van der Waals surface area contributed by atoms with Crippen LogP contribution in [0.3, 0.4) is 0 Å². The maximum absolute atomic E-state index is 14.5. The highest BCUT2D eigenvalue weighted by Crippen LogP contribution is 2.42. The SMILES string of the molecule is CCCCCCCCCCCCCC(=O)O[C@H](CCCCCCCCCCC)CC(=O)O[C@@H]1[C@@H](NC(=O)C[C@H](O)CCCCCCCCCCC)[C@@H](CC(=O)O)O[C@H](CF)[C@H]1OP(=O)(O)O. The van der Waals surface area contributed by atoms with Gasteiger partial charge < -0.3 is 39.5 Å². The minimum atomic E-state index is -5.41. The first-order valence-electron chi connectivity index (χ1n) is 26.3. The summed E-state index contributed by atoms with van der Waals surface area (Å²) in [5.41, 5.74) is 0.